The van der Waals surface area contributed by atoms with Gasteiger partial charge in [-0.3, -0.25) is 5.41 Å². The number of aliphatic hydroxyl groups is 1. The maximum absolute atomic E-state index is 9.45. The molecule has 3 N–H and O–H groups in total. The summed E-state index contributed by atoms with van der Waals surface area (Å²) in [4.78, 5) is 12.9. The number of aliphatic hydroxyl groups excluding tert-OH is 1. The summed E-state index contributed by atoms with van der Waals surface area (Å²) in [6.45, 7) is 1.20. The van der Waals surface area contributed by atoms with Crippen LogP contribution in [0.2, 0.25) is 0 Å². The topological polar surface area (TPSA) is 87.9 Å². The van der Waals surface area contributed by atoms with Gasteiger partial charge < -0.3 is 20.0 Å². The zero-order valence-electron chi connectivity index (χ0n) is 9.27. The van der Waals surface area contributed by atoms with Crippen LogP contribution in [0.5, 0.6) is 0 Å². The molecule has 0 aromatic carbocycles. The van der Waals surface area contributed by atoms with Gasteiger partial charge in [-0.05, 0) is 6.92 Å². The van der Waals surface area contributed by atoms with Crippen LogP contribution in [0.25, 0.3) is 0 Å². The van der Waals surface area contributed by atoms with Crippen molar-refractivity contribution in [3.63, 3.8) is 0 Å². The standard InChI is InChI=1S/C5H13N3.C3H6O3/c1-7(2)5(6)8(3)4;1-2(4)3(5)6/h6H,1-4H3;2,4H,1H3,(H,5,6). The SMILES string of the molecule is CC(O)C(=O)O.CN(C)C(=N)N(C)C. The van der Waals surface area contributed by atoms with Gasteiger partial charge in [-0.1, -0.05) is 0 Å². The Balaban J connectivity index is 0. The molecule has 0 aromatic heterocycles. The monoisotopic (exact) mass is 205 g/mol. The second kappa shape index (κ2) is 7.14. The number of carbonyl (C=O) groups is 1. The van der Waals surface area contributed by atoms with Gasteiger partial charge in [0.15, 0.2) is 5.96 Å². The fourth-order valence-corrected chi connectivity index (χ4v) is 0.400. The highest BCUT2D eigenvalue weighted by molar-refractivity contribution is 5.75. The van der Waals surface area contributed by atoms with Crippen molar-refractivity contribution in [1.29, 1.82) is 5.41 Å². The van der Waals surface area contributed by atoms with Gasteiger partial charge in [-0.25, -0.2) is 4.79 Å². The van der Waals surface area contributed by atoms with Gasteiger partial charge in [0.05, 0.1) is 0 Å². The maximum atomic E-state index is 9.45. The lowest BCUT2D eigenvalue weighted by Crippen LogP contribution is -2.34. The first-order valence-corrected chi connectivity index (χ1v) is 4.04. The first-order valence-electron chi connectivity index (χ1n) is 4.04. The molecule has 0 spiro atoms. The van der Waals surface area contributed by atoms with Crippen LogP contribution in [0.15, 0.2) is 0 Å². The second-order valence-corrected chi connectivity index (χ2v) is 3.13. The highest BCUT2D eigenvalue weighted by atomic mass is 16.4. The molecule has 0 aromatic rings. The highest BCUT2D eigenvalue weighted by Gasteiger charge is 2.01. The third-order valence-corrected chi connectivity index (χ3v) is 1.20. The van der Waals surface area contributed by atoms with Crippen molar-refractivity contribution in [2.45, 2.75) is 13.0 Å². The summed E-state index contributed by atoms with van der Waals surface area (Å²) in [5.74, 6) is -0.667. The molecule has 0 heterocycles. The van der Waals surface area contributed by atoms with Crippen molar-refractivity contribution in [2.24, 2.45) is 0 Å². The lowest BCUT2D eigenvalue weighted by Gasteiger charge is -2.19. The summed E-state index contributed by atoms with van der Waals surface area (Å²) < 4.78 is 0. The molecule has 0 amide bonds. The van der Waals surface area contributed by atoms with Gasteiger partial charge in [-0.15, -0.1) is 0 Å². The number of nitrogens with one attached hydrogen (secondary N) is 1. The third kappa shape index (κ3) is 8.79. The van der Waals surface area contributed by atoms with E-state index in [1.807, 2.05) is 28.2 Å². The van der Waals surface area contributed by atoms with E-state index in [1.165, 1.54) is 6.92 Å². The van der Waals surface area contributed by atoms with Gasteiger partial charge in [-0.2, -0.15) is 0 Å². The number of hydrogen-bond donors (Lipinski definition) is 3. The minimum Gasteiger partial charge on any atom is -0.479 e. The molecule has 0 saturated heterocycles. The fraction of sp³-hybridized carbons (Fsp3) is 0.750. The minimum absolute atomic E-state index is 0.519. The Hall–Kier alpha value is -1.30. The van der Waals surface area contributed by atoms with Crippen LogP contribution in [0.1, 0.15) is 6.92 Å². The van der Waals surface area contributed by atoms with E-state index in [2.05, 4.69) is 0 Å². The number of carboxylic acids is 1. The molecule has 1 unspecified atom stereocenters. The summed E-state index contributed by atoms with van der Waals surface area (Å²) in [5.41, 5.74) is 0. The van der Waals surface area contributed by atoms with Gasteiger partial charge in [0, 0.05) is 28.2 Å². The number of guanidine groups is 1. The zero-order valence-corrected chi connectivity index (χ0v) is 9.27. The largest absolute Gasteiger partial charge is 0.479 e. The van der Waals surface area contributed by atoms with E-state index in [0.29, 0.717) is 5.96 Å². The van der Waals surface area contributed by atoms with E-state index in [1.54, 1.807) is 9.80 Å². The first-order chi connectivity index (χ1) is 6.20. The molecular formula is C8H19N3O3. The molecule has 0 radical (unpaired) electrons. The second-order valence-electron chi connectivity index (χ2n) is 3.13. The van der Waals surface area contributed by atoms with Crippen LogP contribution in [0.3, 0.4) is 0 Å². The Kier molecular flexibility index (Phi) is 7.74. The molecule has 84 valence electrons. The Morgan fingerprint density at radius 1 is 1.21 bits per heavy atom. The van der Waals surface area contributed by atoms with Crippen molar-refractivity contribution >= 4 is 11.9 Å². The van der Waals surface area contributed by atoms with Crippen LogP contribution < -0.4 is 0 Å². The Morgan fingerprint density at radius 3 is 1.43 bits per heavy atom. The van der Waals surface area contributed by atoms with E-state index in [9.17, 15) is 4.79 Å². The summed E-state index contributed by atoms with van der Waals surface area (Å²) in [6, 6.07) is 0. The third-order valence-electron chi connectivity index (χ3n) is 1.20. The van der Waals surface area contributed by atoms with Crippen molar-refractivity contribution < 1.29 is 15.0 Å². The van der Waals surface area contributed by atoms with E-state index < -0.39 is 12.1 Å². The molecule has 0 aliphatic rings. The average molecular weight is 205 g/mol. The van der Waals surface area contributed by atoms with Crippen LogP contribution in [-0.4, -0.2) is 66.2 Å². The molecule has 6 nitrogen and oxygen atoms in total. The fourth-order valence-electron chi connectivity index (χ4n) is 0.400. The maximum Gasteiger partial charge on any atom is 0.332 e. The summed E-state index contributed by atoms with van der Waals surface area (Å²) in [5, 5.41) is 23.0. The molecule has 0 saturated carbocycles. The molecule has 0 rings (SSSR count). The Morgan fingerprint density at radius 2 is 1.43 bits per heavy atom. The molecule has 6 heteroatoms. The van der Waals surface area contributed by atoms with Crippen molar-refractivity contribution in [3.8, 4) is 0 Å². The van der Waals surface area contributed by atoms with Gasteiger partial charge >= 0.3 is 5.97 Å². The smallest absolute Gasteiger partial charge is 0.332 e. The summed E-state index contributed by atoms with van der Waals surface area (Å²) in [6.07, 6.45) is -1.23. The van der Waals surface area contributed by atoms with Crippen LogP contribution in [0.4, 0.5) is 0 Å². The zero-order chi connectivity index (χ0) is 11.9. The highest BCUT2D eigenvalue weighted by Crippen LogP contribution is 1.80. The lowest BCUT2D eigenvalue weighted by atomic mass is 10.4. The quantitative estimate of drug-likeness (QED) is 0.396. The average Bonchev–Trinajstić information content (AvgIpc) is 2.03. The Bertz CT molecular complexity index is 180. The predicted molar refractivity (Wildman–Crippen MR) is 54.4 cm³/mol. The van der Waals surface area contributed by atoms with Crippen molar-refractivity contribution in [2.75, 3.05) is 28.2 Å². The number of nitrogens with zero attached hydrogens (tertiary/aromatic N) is 2. The van der Waals surface area contributed by atoms with Gasteiger partial charge in [0.25, 0.3) is 0 Å². The Labute approximate surface area is 84.3 Å². The minimum atomic E-state index is -1.23. The molecular weight excluding hydrogens is 186 g/mol. The number of aliphatic carboxylic acids is 1. The molecule has 0 bridgehead atoms. The summed E-state index contributed by atoms with van der Waals surface area (Å²) in [7, 11) is 7.40. The van der Waals surface area contributed by atoms with E-state index in [-0.39, 0.29) is 0 Å². The van der Waals surface area contributed by atoms with E-state index in [0.717, 1.165) is 0 Å². The normalized spacial score (nSPS) is 10.7. The van der Waals surface area contributed by atoms with Crippen molar-refractivity contribution in [1.82, 2.24) is 9.80 Å². The number of rotatable bonds is 1. The van der Waals surface area contributed by atoms with Crippen molar-refractivity contribution in [3.05, 3.63) is 0 Å². The summed E-state index contributed by atoms with van der Waals surface area (Å²) >= 11 is 0. The predicted octanol–water partition coefficient (Wildman–Crippen LogP) is -0.504. The molecule has 0 aliphatic carbocycles. The van der Waals surface area contributed by atoms with Crippen LogP contribution in [0, 0.1) is 5.41 Å². The lowest BCUT2D eigenvalue weighted by molar-refractivity contribution is -0.145. The van der Waals surface area contributed by atoms with Crippen LogP contribution >= 0.6 is 0 Å². The number of hydrogen-bond acceptors (Lipinski definition) is 3. The van der Waals surface area contributed by atoms with E-state index in [4.69, 9.17) is 15.6 Å². The molecule has 0 aliphatic heterocycles. The van der Waals surface area contributed by atoms with E-state index >= 15 is 0 Å². The first kappa shape index (κ1) is 15.2. The number of carboxylic acid groups (broad SMARTS) is 1. The van der Waals surface area contributed by atoms with Gasteiger partial charge in [0.1, 0.15) is 6.10 Å². The molecule has 0 fully saturated rings. The van der Waals surface area contributed by atoms with Crippen LogP contribution in [-0.2, 0) is 4.79 Å². The molecule has 1 atom stereocenters. The van der Waals surface area contributed by atoms with Gasteiger partial charge in [0.2, 0.25) is 0 Å². The molecule has 14 heavy (non-hydrogen) atoms.